The van der Waals surface area contributed by atoms with Crippen LogP contribution < -0.4 is 19.5 Å². The topological polar surface area (TPSA) is 93.7 Å². The fourth-order valence-electron chi connectivity index (χ4n) is 3.01. The number of amides is 1. The number of aryl methyl sites for hydroxylation is 1. The van der Waals surface area contributed by atoms with Crippen LogP contribution in [0.1, 0.15) is 21.5 Å². The second kappa shape index (κ2) is 10.2. The number of anilines is 1. The molecule has 0 saturated heterocycles. The van der Waals surface area contributed by atoms with Crippen molar-refractivity contribution in [2.75, 3.05) is 25.0 Å². The molecule has 0 aliphatic rings. The largest absolute Gasteiger partial charge is 0.497 e. The zero-order chi connectivity index (χ0) is 23.1. The Morgan fingerprint density at radius 1 is 0.906 bits per heavy atom. The van der Waals surface area contributed by atoms with Crippen molar-refractivity contribution in [1.82, 2.24) is 5.32 Å². The van der Waals surface area contributed by atoms with Crippen LogP contribution in [0, 0.1) is 13.8 Å². The summed E-state index contributed by atoms with van der Waals surface area (Å²) in [5, 5.41) is 2.79. The molecule has 7 nitrogen and oxygen atoms in total. The van der Waals surface area contributed by atoms with Crippen molar-refractivity contribution in [3.05, 3.63) is 83.4 Å². The van der Waals surface area contributed by atoms with Crippen molar-refractivity contribution in [3.8, 4) is 11.5 Å². The number of methoxy groups -OCH3 is 1. The van der Waals surface area contributed by atoms with Crippen molar-refractivity contribution in [2.24, 2.45) is 0 Å². The average Bonchev–Trinajstić information content (AvgIpc) is 2.78. The predicted molar refractivity (Wildman–Crippen MR) is 124 cm³/mol. The van der Waals surface area contributed by atoms with Gasteiger partial charge in [-0.2, -0.15) is 0 Å². The number of carbonyl (C=O) groups is 1. The van der Waals surface area contributed by atoms with Gasteiger partial charge in [-0.05, 0) is 67.9 Å². The highest BCUT2D eigenvalue weighted by molar-refractivity contribution is 7.92. The predicted octanol–water partition coefficient (Wildman–Crippen LogP) is 3.92. The van der Waals surface area contributed by atoms with Crippen LogP contribution in [0.15, 0.2) is 71.6 Å². The Morgan fingerprint density at radius 2 is 1.56 bits per heavy atom. The number of rotatable bonds is 9. The number of hydrogen-bond acceptors (Lipinski definition) is 5. The van der Waals surface area contributed by atoms with Gasteiger partial charge in [-0.25, -0.2) is 8.42 Å². The Balaban J connectivity index is 1.61. The normalized spacial score (nSPS) is 11.0. The molecular formula is C24H26N2O5S. The van der Waals surface area contributed by atoms with E-state index in [4.69, 9.17) is 9.47 Å². The quantitative estimate of drug-likeness (QED) is 0.478. The highest BCUT2D eigenvalue weighted by Gasteiger charge is 2.18. The van der Waals surface area contributed by atoms with E-state index >= 15 is 0 Å². The molecule has 0 atom stereocenters. The Hall–Kier alpha value is -3.52. The number of hydrogen-bond donors (Lipinski definition) is 2. The summed E-state index contributed by atoms with van der Waals surface area (Å²) in [7, 11) is -2.17. The van der Waals surface area contributed by atoms with Crippen LogP contribution in [0.5, 0.6) is 11.5 Å². The molecule has 32 heavy (non-hydrogen) atoms. The molecule has 0 bridgehead atoms. The van der Waals surface area contributed by atoms with Crippen molar-refractivity contribution < 1.29 is 22.7 Å². The van der Waals surface area contributed by atoms with E-state index in [9.17, 15) is 13.2 Å². The number of ether oxygens (including phenoxy) is 2. The zero-order valence-corrected chi connectivity index (χ0v) is 19.0. The molecule has 0 aliphatic heterocycles. The third-order valence-corrected chi connectivity index (χ3v) is 6.25. The minimum atomic E-state index is -3.76. The van der Waals surface area contributed by atoms with Gasteiger partial charge >= 0.3 is 0 Å². The number of sulfonamides is 1. The van der Waals surface area contributed by atoms with Gasteiger partial charge in [-0.15, -0.1) is 0 Å². The molecule has 3 aromatic rings. The Labute approximate surface area is 188 Å². The van der Waals surface area contributed by atoms with Gasteiger partial charge in [0.25, 0.3) is 15.9 Å². The summed E-state index contributed by atoms with van der Waals surface area (Å²) in [4.78, 5) is 12.8. The summed E-state index contributed by atoms with van der Waals surface area (Å²) in [6, 6.07) is 18.6. The van der Waals surface area contributed by atoms with E-state index in [1.807, 2.05) is 6.92 Å². The minimum absolute atomic E-state index is 0.160. The Kier molecular flexibility index (Phi) is 7.37. The van der Waals surface area contributed by atoms with E-state index in [0.717, 1.165) is 11.3 Å². The van der Waals surface area contributed by atoms with Crippen molar-refractivity contribution in [2.45, 2.75) is 18.7 Å². The maximum atomic E-state index is 12.7. The van der Waals surface area contributed by atoms with E-state index in [-0.39, 0.29) is 17.4 Å². The van der Waals surface area contributed by atoms with Gasteiger partial charge in [0.05, 0.1) is 24.2 Å². The van der Waals surface area contributed by atoms with Crippen LogP contribution in [0.3, 0.4) is 0 Å². The standard InChI is InChI=1S/C24H26N2O5S/c1-17-7-13-21(14-8-17)32(28,29)26-23-6-4-5-22(18(23)2)24(27)25-15-16-31-20-11-9-19(30-3)10-12-20/h4-14,26H,15-16H2,1-3H3,(H,25,27). The fourth-order valence-corrected chi connectivity index (χ4v) is 4.14. The number of nitrogens with one attached hydrogen (secondary N) is 2. The first-order valence-corrected chi connectivity index (χ1v) is 11.5. The second-order valence-electron chi connectivity index (χ2n) is 7.18. The highest BCUT2D eigenvalue weighted by Crippen LogP contribution is 2.23. The lowest BCUT2D eigenvalue weighted by molar-refractivity contribution is 0.0946. The van der Waals surface area contributed by atoms with Gasteiger partial charge in [0.15, 0.2) is 0 Å². The molecule has 3 aromatic carbocycles. The summed E-state index contributed by atoms with van der Waals surface area (Å²) in [5.41, 5.74) is 2.25. The summed E-state index contributed by atoms with van der Waals surface area (Å²) in [6.45, 7) is 4.17. The summed E-state index contributed by atoms with van der Waals surface area (Å²) < 4.78 is 38.7. The maximum Gasteiger partial charge on any atom is 0.261 e. The van der Waals surface area contributed by atoms with Crippen molar-refractivity contribution in [3.63, 3.8) is 0 Å². The van der Waals surface area contributed by atoms with E-state index in [0.29, 0.717) is 29.1 Å². The molecular weight excluding hydrogens is 428 g/mol. The Morgan fingerprint density at radius 3 is 2.22 bits per heavy atom. The van der Waals surface area contributed by atoms with Gasteiger partial charge < -0.3 is 14.8 Å². The van der Waals surface area contributed by atoms with Crippen LogP contribution in [-0.4, -0.2) is 34.6 Å². The van der Waals surface area contributed by atoms with Crippen LogP contribution >= 0.6 is 0 Å². The molecule has 0 unspecified atom stereocenters. The molecule has 0 saturated carbocycles. The van der Waals surface area contributed by atoms with Crippen molar-refractivity contribution >= 4 is 21.6 Å². The van der Waals surface area contributed by atoms with Crippen LogP contribution in [-0.2, 0) is 10.0 Å². The smallest absolute Gasteiger partial charge is 0.261 e. The molecule has 8 heteroatoms. The minimum Gasteiger partial charge on any atom is -0.497 e. The van der Waals surface area contributed by atoms with Gasteiger partial charge in [-0.3, -0.25) is 9.52 Å². The lowest BCUT2D eigenvalue weighted by atomic mass is 10.1. The van der Waals surface area contributed by atoms with Crippen LogP contribution in [0.2, 0.25) is 0 Å². The van der Waals surface area contributed by atoms with Gasteiger partial charge in [-0.1, -0.05) is 23.8 Å². The zero-order valence-electron chi connectivity index (χ0n) is 18.2. The van der Waals surface area contributed by atoms with Gasteiger partial charge in [0, 0.05) is 5.56 Å². The molecule has 0 fully saturated rings. The molecule has 0 aromatic heterocycles. The van der Waals surface area contributed by atoms with Crippen LogP contribution in [0.25, 0.3) is 0 Å². The molecule has 0 radical (unpaired) electrons. The second-order valence-corrected chi connectivity index (χ2v) is 8.86. The summed E-state index contributed by atoms with van der Waals surface area (Å²) in [6.07, 6.45) is 0. The van der Waals surface area contributed by atoms with Crippen LogP contribution in [0.4, 0.5) is 5.69 Å². The summed E-state index contributed by atoms with van der Waals surface area (Å²) in [5.74, 6) is 1.10. The first kappa shape index (κ1) is 23.1. The first-order valence-electron chi connectivity index (χ1n) is 10.0. The van der Waals surface area contributed by atoms with Gasteiger partial charge in [0.2, 0.25) is 0 Å². The van der Waals surface area contributed by atoms with E-state index in [2.05, 4.69) is 10.0 Å². The van der Waals surface area contributed by atoms with E-state index in [1.54, 1.807) is 80.8 Å². The highest BCUT2D eigenvalue weighted by atomic mass is 32.2. The summed E-state index contributed by atoms with van der Waals surface area (Å²) >= 11 is 0. The molecule has 168 valence electrons. The van der Waals surface area contributed by atoms with E-state index in [1.165, 1.54) is 0 Å². The Bertz CT molecular complexity index is 1170. The van der Waals surface area contributed by atoms with Gasteiger partial charge in [0.1, 0.15) is 18.1 Å². The number of benzene rings is 3. The molecule has 1 amide bonds. The molecule has 0 heterocycles. The lowest BCUT2D eigenvalue weighted by Crippen LogP contribution is -2.29. The number of carbonyl (C=O) groups excluding carboxylic acids is 1. The fraction of sp³-hybridized carbons (Fsp3) is 0.208. The van der Waals surface area contributed by atoms with E-state index < -0.39 is 10.0 Å². The third kappa shape index (κ3) is 5.79. The van der Waals surface area contributed by atoms with Crippen molar-refractivity contribution in [1.29, 1.82) is 0 Å². The lowest BCUT2D eigenvalue weighted by Gasteiger charge is -2.14. The monoisotopic (exact) mass is 454 g/mol. The molecule has 0 spiro atoms. The molecule has 3 rings (SSSR count). The molecule has 2 N–H and O–H groups in total. The third-order valence-electron chi connectivity index (χ3n) is 4.87. The first-order chi connectivity index (χ1) is 15.3. The SMILES string of the molecule is COc1ccc(OCCNC(=O)c2cccc(NS(=O)(=O)c3ccc(C)cc3)c2C)cc1. The maximum absolute atomic E-state index is 12.7. The average molecular weight is 455 g/mol. The molecule has 0 aliphatic carbocycles.